The summed E-state index contributed by atoms with van der Waals surface area (Å²) in [4.78, 5) is 1.24. The zero-order valence-electron chi connectivity index (χ0n) is 6.16. The molecule has 1 heterocycles. The summed E-state index contributed by atoms with van der Waals surface area (Å²) in [6, 6.07) is 1.95. The Balaban J connectivity index is 2.78. The molecule has 0 aliphatic heterocycles. The van der Waals surface area contributed by atoms with Crippen LogP contribution in [0.3, 0.4) is 0 Å². The fourth-order valence-electron chi connectivity index (χ4n) is 0.675. The lowest BCUT2D eigenvalue weighted by molar-refractivity contribution is 0.278. The van der Waals surface area contributed by atoms with Gasteiger partial charge in [0.15, 0.2) is 0 Å². The van der Waals surface area contributed by atoms with E-state index >= 15 is 0 Å². The first kappa shape index (κ1) is 7.69. The van der Waals surface area contributed by atoms with Crippen LogP contribution in [-0.4, -0.2) is 9.48 Å². The number of aliphatic hydroxyl groups is 1. The Hall–Kier alpha value is -0.410. The van der Waals surface area contributed by atoms with E-state index in [4.69, 9.17) is 5.11 Å². The van der Waals surface area contributed by atoms with Crippen LogP contribution in [0.2, 0.25) is 0 Å². The largest absolute Gasteiger partial charge is 0.390 e. The van der Waals surface area contributed by atoms with Crippen LogP contribution in [-0.2, 0) is 6.61 Å². The molecular formula is C7H11NOS. The van der Waals surface area contributed by atoms with E-state index < -0.39 is 0 Å². The maximum atomic E-state index is 8.68. The highest BCUT2D eigenvalue weighted by atomic mass is 32.1. The average molecular weight is 157 g/mol. The first-order chi connectivity index (χ1) is 4.74. The van der Waals surface area contributed by atoms with E-state index in [2.05, 4.69) is 18.2 Å². The molecule has 1 aromatic rings. The Morgan fingerprint density at radius 1 is 1.70 bits per heavy atom. The van der Waals surface area contributed by atoms with Gasteiger partial charge in [0.2, 0.25) is 0 Å². The van der Waals surface area contributed by atoms with Crippen LogP contribution < -0.4 is 0 Å². The number of nitrogens with zero attached hydrogens (tertiary/aromatic N) is 1. The average Bonchev–Trinajstić information content (AvgIpc) is 2.34. The van der Waals surface area contributed by atoms with Crippen molar-refractivity contribution in [1.82, 2.24) is 4.37 Å². The molecule has 0 saturated heterocycles. The Kier molecular flexibility index (Phi) is 2.40. The van der Waals surface area contributed by atoms with Gasteiger partial charge in [-0.25, -0.2) is 0 Å². The number of aromatic nitrogens is 1. The lowest BCUT2D eigenvalue weighted by Crippen LogP contribution is -1.81. The van der Waals surface area contributed by atoms with E-state index in [9.17, 15) is 0 Å². The standard InChI is InChI=1S/C7H11NOS/c1-5(2)7-3-6(4-9)8-10-7/h3,5,9H,4H2,1-2H3. The van der Waals surface area contributed by atoms with Crippen molar-refractivity contribution in [3.05, 3.63) is 16.6 Å². The van der Waals surface area contributed by atoms with Crippen molar-refractivity contribution in [3.8, 4) is 0 Å². The molecule has 0 saturated carbocycles. The van der Waals surface area contributed by atoms with Crippen molar-refractivity contribution in [2.75, 3.05) is 0 Å². The fourth-order valence-corrected chi connectivity index (χ4v) is 1.41. The molecular weight excluding hydrogens is 146 g/mol. The molecule has 0 fully saturated rings. The van der Waals surface area contributed by atoms with Gasteiger partial charge in [-0.1, -0.05) is 13.8 Å². The summed E-state index contributed by atoms with van der Waals surface area (Å²) in [6.07, 6.45) is 0. The number of hydrogen-bond donors (Lipinski definition) is 1. The monoisotopic (exact) mass is 157 g/mol. The van der Waals surface area contributed by atoms with Gasteiger partial charge in [0, 0.05) is 4.88 Å². The Morgan fingerprint density at radius 2 is 2.40 bits per heavy atom. The quantitative estimate of drug-likeness (QED) is 0.709. The molecule has 10 heavy (non-hydrogen) atoms. The van der Waals surface area contributed by atoms with Gasteiger partial charge in [0.25, 0.3) is 0 Å². The van der Waals surface area contributed by atoms with Crippen LogP contribution in [0.15, 0.2) is 6.07 Å². The Morgan fingerprint density at radius 3 is 2.70 bits per heavy atom. The molecule has 0 unspecified atom stereocenters. The van der Waals surface area contributed by atoms with E-state index in [-0.39, 0.29) is 6.61 Å². The molecule has 1 N–H and O–H groups in total. The summed E-state index contributed by atoms with van der Waals surface area (Å²) in [5.41, 5.74) is 0.786. The van der Waals surface area contributed by atoms with Crippen molar-refractivity contribution in [3.63, 3.8) is 0 Å². The van der Waals surface area contributed by atoms with Crippen LogP contribution in [0, 0.1) is 0 Å². The maximum absolute atomic E-state index is 8.68. The molecule has 0 amide bonds. The van der Waals surface area contributed by atoms with Crippen LogP contribution in [0.4, 0.5) is 0 Å². The summed E-state index contributed by atoms with van der Waals surface area (Å²) in [5.74, 6) is 0.526. The van der Waals surface area contributed by atoms with Gasteiger partial charge < -0.3 is 5.11 Å². The molecule has 0 atom stereocenters. The third-order valence-corrected chi connectivity index (χ3v) is 2.43. The first-order valence-electron chi connectivity index (χ1n) is 3.30. The molecule has 0 radical (unpaired) electrons. The Bertz CT molecular complexity index is 207. The second-order valence-electron chi connectivity index (χ2n) is 2.53. The Labute approximate surface area is 64.7 Å². The minimum Gasteiger partial charge on any atom is -0.390 e. The summed E-state index contributed by atoms with van der Waals surface area (Å²) >= 11 is 1.47. The van der Waals surface area contributed by atoms with Crippen molar-refractivity contribution in [2.24, 2.45) is 0 Å². The van der Waals surface area contributed by atoms with Gasteiger partial charge in [-0.3, -0.25) is 0 Å². The highest BCUT2D eigenvalue weighted by Crippen LogP contribution is 2.19. The summed E-state index contributed by atoms with van der Waals surface area (Å²) < 4.78 is 4.05. The maximum Gasteiger partial charge on any atom is 0.0863 e. The van der Waals surface area contributed by atoms with Gasteiger partial charge in [0.05, 0.1) is 12.3 Å². The molecule has 56 valence electrons. The minimum atomic E-state index is 0.0587. The summed E-state index contributed by atoms with van der Waals surface area (Å²) in [6.45, 7) is 4.30. The van der Waals surface area contributed by atoms with Gasteiger partial charge in [0.1, 0.15) is 0 Å². The van der Waals surface area contributed by atoms with E-state index in [1.54, 1.807) is 0 Å². The van der Waals surface area contributed by atoms with Crippen LogP contribution in [0.5, 0.6) is 0 Å². The van der Waals surface area contributed by atoms with E-state index in [1.165, 1.54) is 16.4 Å². The lowest BCUT2D eigenvalue weighted by atomic mass is 10.2. The van der Waals surface area contributed by atoms with Crippen molar-refractivity contribution in [2.45, 2.75) is 26.4 Å². The number of hydrogen-bond acceptors (Lipinski definition) is 3. The molecule has 0 aliphatic rings. The van der Waals surface area contributed by atoms with Crippen LogP contribution in [0.1, 0.15) is 30.3 Å². The van der Waals surface area contributed by atoms with Gasteiger partial charge >= 0.3 is 0 Å². The SMILES string of the molecule is CC(C)c1cc(CO)ns1. The van der Waals surface area contributed by atoms with Gasteiger partial charge in [-0.2, -0.15) is 4.37 Å². The molecule has 0 spiro atoms. The van der Waals surface area contributed by atoms with E-state index in [0.29, 0.717) is 5.92 Å². The van der Waals surface area contributed by atoms with Crippen molar-refractivity contribution in [1.29, 1.82) is 0 Å². The summed E-state index contributed by atoms with van der Waals surface area (Å²) in [5, 5.41) is 8.68. The topological polar surface area (TPSA) is 33.1 Å². The third kappa shape index (κ3) is 1.55. The molecule has 0 aromatic carbocycles. The van der Waals surface area contributed by atoms with Crippen LogP contribution >= 0.6 is 11.5 Å². The predicted octanol–water partition coefficient (Wildman–Crippen LogP) is 1.76. The van der Waals surface area contributed by atoms with Crippen LogP contribution in [0.25, 0.3) is 0 Å². The number of rotatable bonds is 2. The van der Waals surface area contributed by atoms with E-state index in [1.807, 2.05) is 6.07 Å². The minimum absolute atomic E-state index is 0.0587. The fraction of sp³-hybridized carbons (Fsp3) is 0.571. The second-order valence-corrected chi connectivity index (χ2v) is 3.37. The van der Waals surface area contributed by atoms with Crippen molar-refractivity contribution >= 4 is 11.5 Å². The predicted molar refractivity (Wildman–Crippen MR) is 42.1 cm³/mol. The second kappa shape index (κ2) is 3.12. The zero-order valence-corrected chi connectivity index (χ0v) is 6.98. The normalized spacial score (nSPS) is 10.8. The molecule has 0 bridgehead atoms. The zero-order chi connectivity index (χ0) is 7.56. The van der Waals surface area contributed by atoms with Gasteiger partial charge in [-0.05, 0) is 23.5 Å². The highest BCUT2D eigenvalue weighted by molar-refractivity contribution is 7.05. The highest BCUT2D eigenvalue weighted by Gasteiger charge is 2.03. The third-order valence-electron chi connectivity index (χ3n) is 1.31. The smallest absolute Gasteiger partial charge is 0.0863 e. The molecule has 0 aliphatic carbocycles. The van der Waals surface area contributed by atoms with Gasteiger partial charge in [-0.15, -0.1) is 0 Å². The van der Waals surface area contributed by atoms with E-state index in [0.717, 1.165) is 5.69 Å². The molecule has 2 nitrogen and oxygen atoms in total. The molecule has 3 heteroatoms. The molecule has 1 rings (SSSR count). The lowest BCUT2D eigenvalue weighted by Gasteiger charge is -1.94. The molecule has 1 aromatic heterocycles. The first-order valence-corrected chi connectivity index (χ1v) is 4.07. The van der Waals surface area contributed by atoms with Crippen molar-refractivity contribution < 1.29 is 5.11 Å². The summed E-state index contributed by atoms with van der Waals surface area (Å²) in [7, 11) is 0. The number of aliphatic hydroxyl groups excluding tert-OH is 1.